The Kier molecular flexibility index (Phi) is 5.34. The minimum absolute atomic E-state index is 0.243. The molecule has 0 radical (unpaired) electrons. The third-order valence-electron chi connectivity index (χ3n) is 13.5. The zero-order valence-electron chi connectivity index (χ0n) is 24.5. The number of hydrogen-bond acceptors (Lipinski definition) is 2. The smallest absolute Gasteiger partial charge is 0.121 e. The molecule has 200 valence electrons. The van der Waals surface area contributed by atoms with Crippen LogP contribution in [0.25, 0.3) is 0 Å². The van der Waals surface area contributed by atoms with Gasteiger partial charge >= 0.3 is 0 Å². The molecule has 0 spiro atoms. The van der Waals surface area contributed by atoms with Gasteiger partial charge in [-0.3, -0.25) is 0 Å². The van der Waals surface area contributed by atoms with Crippen LogP contribution in [0.1, 0.15) is 125 Å². The van der Waals surface area contributed by atoms with E-state index in [4.69, 9.17) is 0 Å². The number of hydrogen-bond donors (Lipinski definition) is 2. The molecule has 4 bridgehead atoms. The van der Waals surface area contributed by atoms with Crippen LogP contribution in [0.2, 0.25) is 0 Å². The summed E-state index contributed by atoms with van der Waals surface area (Å²) in [6.45, 7) is 18.9. The topological polar surface area (TPSA) is 40.5 Å². The predicted octanol–water partition coefficient (Wildman–Crippen LogP) is 9.17. The first kappa shape index (κ1) is 25.3. The first-order chi connectivity index (χ1) is 17.2. The molecule has 6 atom stereocenters. The van der Waals surface area contributed by atoms with Crippen molar-refractivity contribution < 1.29 is 10.2 Å². The van der Waals surface area contributed by atoms with Crippen molar-refractivity contribution in [3.05, 3.63) is 57.6 Å². The predicted molar refractivity (Wildman–Crippen MR) is 152 cm³/mol. The SMILES string of the molecule is Cc1cc(Cc2cc(C)c(O)c([C@H]3C[C@@H]4CC[C@@]3(C)C4(C)C)c2)cc([C@H]2C[C@@H]3CC[C@@]2(C)C3(C)C)c1O. The first-order valence-corrected chi connectivity index (χ1v) is 14.9. The molecule has 0 unspecified atom stereocenters. The summed E-state index contributed by atoms with van der Waals surface area (Å²) in [5.41, 5.74) is 8.03. The summed E-state index contributed by atoms with van der Waals surface area (Å²) in [6, 6.07) is 9.00. The van der Waals surface area contributed by atoms with E-state index in [0.29, 0.717) is 34.2 Å². The van der Waals surface area contributed by atoms with Gasteiger partial charge in [0.2, 0.25) is 0 Å². The Morgan fingerprint density at radius 1 is 0.649 bits per heavy atom. The third-order valence-corrected chi connectivity index (χ3v) is 13.5. The van der Waals surface area contributed by atoms with E-state index in [1.807, 2.05) is 0 Å². The average Bonchev–Trinajstić information content (AvgIpc) is 3.35. The normalized spacial score (nSPS) is 37.0. The van der Waals surface area contributed by atoms with Gasteiger partial charge < -0.3 is 10.2 Å². The summed E-state index contributed by atoms with van der Waals surface area (Å²) in [4.78, 5) is 0. The number of phenolic OH excluding ortho intramolecular Hbond substituents is 2. The summed E-state index contributed by atoms with van der Waals surface area (Å²) in [5.74, 6) is 3.37. The fraction of sp³-hybridized carbons (Fsp3) is 0.657. The van der Waals surface area contributed by atoms with Gasteiger partial charge in [0.25, 0.3) is 0 Å². The van der Waals surface area contributed by atoms with Crippen LogP contribution in [0, 0.1) is 47.3 Å². The highest BCUT2D eigenvalue weighted by Gasteiger charge is 2.63. The largest absolute Gasteiger partial charge is 0.507 e. The molecular formula is C35H48O2. The summed E-state index contributed by atoms with van der Waals surface area (Å²) in [6.07, 6.45) is 8.40. The van der Waals surface area contributed by atoms with Crippen molar-refractivity contribution in [3.8, 4) is 11.5 Å². The quantitative estimate of drug-likeness (QED) is 0.439. The number of aryl methyl sites for hydroxylation is 2. The second-order valence-electron chi connectivity index (χ2n) is 15.2. The molecule has 2 heteroatoms. The van der Waals surface area contributed by atoms with Gasteiger partial charge in [-0.05, 0) is 138 Å². The maximum atomic E-state index is 11.2. The molecule has 2 nitrogen and oxygen atoms in total. The second kappa shape index (κ2) is 7.80. The van der Waals surface area contributed by atoms with Crippen molar-refractivity contribution in [2.75, 3.05) is 0 Å². The lowest BCUT2D eigenvalue weighted by Crippen LogP contribution is -2.31. The van der Waals surface area contributed by atoms with Crippen LogP contribution in [-0.4, -0.2) is 10.2 Å². The molecule has 6 rings (SSSR count). The van der Waals surface area contributed by atoms with E-state index in [9.17, 15) is 10.2 Å². The van der Waals surface area contributed by atoms with Crippen molar-refractivity contribution in [2.24, 2.45) is 33.5 Å². The van der Waals surface area contributed by atoms with Crippen LogP contribution in [0.4, 0.5) is 0 Å². The Bertz CT molecular complexity index is 1170. The highest BCUT2D eigenvalue weighted by molar-refractivity contribution is 5.51. The fourth-order valence-electron chi connectivity index (χ4n) is 10.1. The monoisotopic (exact) mass is 500 g/mol. The van der Waals surface area contributed by atoms with Crippen molar-refractivity contribution in [1.82, 2.24) is 0 Å². The number of fused-ring (bicyclic) bond motifs is 4. The Hall–Kier alpha value is -1.96. The lowest BCUT2D eigenvalue weighted by Gasteiger charge is -2.40. The van der Waals surface area contributed by atoms with E-state index >= 15 is 0 Å². The molecule has 0 amide bonds. The van der Waals surface area contributed by atoms with Crippen molar-refractivity contribution in [3.63, 3.8) is 0 Å². The van der Waals surface area contributed by atoms with Gasteiger partial charge in [-0.25, -0.2) is 0 Å². The van der Waals surface area contributed by atoms with Gasteiger partial charge in [0.1, 0.15) is 11.5 Å². The Labute approximate surface area is 224 Å². The van der Waals surface area contributed by atoms with Crippen molar-refractivity contribution >= 4 is 0 Å². The van der Waals surface area contributed by atoms with E-state index in [1.54, 1.807) is 0 Å². The van der Waals surface area contributed by atoms with Crippen LogP contribution < -0.4 is 0 Å². The van der Waals surface area contributed by atoms with Gasteiger partial charge in [0.15, 0.2) is 0 Å². The Morgan fingerprint density at radius 3 is 1.32 bits per heavy atom. The van der Waals surface area contributed by atoms with Gasteiger partial charge in [0.05, 0.1) is 0 Å². The van der Waals surface area contributed by atoms with Gasteiger partial charge in [-0.2, -0.15) is 0 Å². The lowest BCUT2D eigenvalue weighted by atomic mass is 9.64. The van der Waals surface area contributed by atoms with Crippen LogP contribution in [0.15, 0.2) is 24.3 Å². The number of benzene rings is 2. The minimum atomic E-state index is 0.243. The average molecular weight is 501 g/mol. The highest BCUT2D eigenvalue weighted by Crippen LogP contribution is 2.72. The molecule has 2 aromatic rings. The van der Waals surface area contributed by atoms with Crippen LogP contribution in [0.3, 0.4) is 0 Å². The molecule has 4 aliphatic rings. The Morgan fingerprint density at radius 2 is 1.03 bits per heavy atom. The zero-order valence-corrected chi connectivity index (χ0v) is 24.5. The van der Waals surface area contributed by atoms with E-state index in [0.717, 1.165) is 29.4 Å². The molecule has 4 aliphatic carbocycles. The van der Waals surface area contributed by atoms with Crippen molar-refractivity contribution in [1.29, 1.82) is 0 Å². The fourth-order valence-corrected chi connectivity index (χ4v) is 10.1. The summed E-state index contributed by atoms with van der Waals surface area (Å²) >= 11 is 0. The molecule has 0 aliphatic heterocycles. The van der Waals surface area contributed by atoms with Gasteiger partial charge in [0, 0.05) is 0 Å². The molecule has 0 aromatic heterocycles. The van der Waals surface area contributed by atoms with Crippen LogP contribution in [-0.2, 0) is 6.42 Å². The lowest BCUT2D eigenvalue weighted by molar-refractivity contribution is 0.133. The van der Waals surface area contributed by atoms with Crippen LogP contribution in [0.5, 0.6) is 11.5 Å². The molecule has 2 aromatic carbocycles. The standard InChI is InChI=1S/C35H48O2/c1-20-13-22(16-26(30(20)36)28-18-24-9-11-34(28,7)32(24,3)4)15-23-14-21(2)31(37)27(17-23)29-19-25-10-12-35(29,8)33(25,5)6/h13-14,16-17,24-25,28-29,36-37H,9-12,15,18-19H2,1-8H3/t24-,25-,28+,29+,34+,35+/m0/s1. The number of aromatic hydroxyl groups is 2. The van der Waals surface area contributed by atoms with E-state index < -0.39 is 0 Å². The summed E-state index contributed by atoms with van der Waals surface area (Å²) in [5, 5.41) is 22.5. The second-order valence-corrected chi connectivity index (χ2v) is 15.2. The summed E-state index contributed by atoms with van der Waals surface area (Å²) in [7, 11) is 0. The highest BCUT2D eigenvalue weighted by atomic mass is 16.3. The zero-order chi connectivity index (χ0) is 26.7. The minimum Gasteiger partial charge on any atom is -0.507 e. The van der Waals surface area contributed by atoms with Crippen LogP contribution >= 0.6 is 0 Å². The molecule has 2 N–H and O–H groups in total. The van der Waals surface area contributed by atoms with Gasteiger partial charge in [-0.15, -0.1) is 0 Å². The molecule has 4 fully saturated rings. The molecule has 37 heavy (non-hydrogen) atoms. The molecule has 0 heterocycles. The van der Waals surface area contributed by atoms with E-state index in [-0.39, 0.29) is 10.8 Å². The van der Waals surface area contributed by atoms with Gasteiger partial charge in [-0.1, -0.05) is 65.8 Å². The Balaban J connectivity index is 1.36. The summed E-state index contributed by atoms with van der Waals surface area (Å²) < 4.78 is 0. The maximum absolute atomic E-state index is 11.2. The maximum Gasteiger partial charge on any atom is 0.121 e. The van der Waals surface area contributed by atoms with E-state index in [2.05, 4.69) is 79.7 Å². The van der Waals surface area contributed by atoms with Crippen molar-refractivity contribution in [2.45, 2.75) is 112 Å². The third kappa shape index (κ3) is 3.23. The molecular weight excluding hydrogens is 452 g/mol. The first-order valence-electron chi connectivity index (χ1n) is 14.9. The number of rotatable bonds is 4. The molecule has 4 saturated carbocycles. The van der Waals surface area contributed by atoms with E-state index in [1.165, 1.54) is 60.8 Å². The number of phenols is 2. The molecule has 0 saturated heterocycles.